The van der Waals surface area contributed by atoms with Gasteiger partial charge in [-0.25, -0.2) is 0 Å². The Bertz CT molecular complexity index is 1120. The number of carbonyl (C=O) groups excluding carboxylic acids is 1. The van der Waals surface area contributed by atoms with Crippen LogP contribution in [-0.4, -0.2) is 25.9 Å². The number of ether oxygens (including phenoxy) is 1. The Morgan fingerprint density at radius 3 is 2.91 bits per heavy atom. The highest BCUT2D eigenvalue weighted by Crippen LogP contribution is 2.27. The molecule has 1 N–H and O–H groups in total. The third-order valence-electron chi connectivity index (χ3n) is 5.48. The summed E-state index contributed by atoms with van der Waals surface area (Å²) < 4.78 is 7.83. The molecule has 166 valence electrons. The number of benzene rings is 2. The van der Waals surface area contributed by atoms with Crippen molar-refractivity contribution in [3.8, 4) is 5.75 Å². The molecule has 32 heavy (non-hydrogen) atoms. The van der Waals surface area contributed by atoms with E-state index >= 15 is 0 Å². The number of hydrogen-bond donors (Lipinski definition) is 1. The van der Waals surface area contributed by atoms with E-state index in [4.69, 9.17) is 4.74 Å². The smallest absolute Gasteiger partial charge is 0.237 e. The summed E-state index contributed by atoms with van der Waals surface area (Å²) >= 11 is 1.38. The highest BCUT2D eigenvalue weighted by molar-refractivity contribution is 8.00. The molecule has 0 bridgehead atoms. The van der Waals surface area contributed by atoms with Crippen molar-refractivity contribution in [1.29, 1.82) is 0 Å². The summed E-state index contributed by atoms with van der Waals surface area (Å²) in [6.45, 7) is 8.58. The van der Waals surface area contributed by atoms with Crippen LogP contribution in [0.2, 0.25) is 0 Å². The molecule has 1 aliphatic rings. The maximum atomic E-state index is 12.8. The zero-order valence-corrected chi connectivity index (χ0v) is 19.3. The standard InChI is InChI=1S/C25H28N4O2S/c1-4-13-29-23(16-31-22-10-5-7-17(2)14-22)27-28-25(29)32-18(3)24(30)26-21-12-11-19-8-6-9-20(19)15-21/h4-5,7,10-12,14-15,18H,1,6,8-9,13,16H2,2-3H3,(H,26,30)/t18-/m1/s1. The van der Waals surface area contributed by atoms with Crippen molar-refractivity contribution in [2.45, 2.75) is 56.7 Å². The lowest BCUT2D eigenvalue weighted by Gasteiger charge is -2.14. The van der Waals surface area contributed by atoms with E-state index in [-0.39, 0.29) is 11.2 Å². The topological polar surface area (TPSA) is 69.0 Å². The van der Waals surface area contributed by atoms with E-state index < -0.39 is 0 Å². The minimum absolute atomic E-state index is 0.0568. The molecular weight excluding hydrogens is 420 g/mol. The van der Waals surface area contributed by atoms with Crippen LogP contribution in [0, 0.1) is 6.92 Å². The molecule has 0 saturated carbocycles. The molecule has 0 unspecified atom stereocenters. The van der Waals surface area contributed by atoms with Gasteiger partial charge < -0.3 is 10.1 Å². The molecule has 1 amide bonds. The predicted molar refractivity (Wildman–Crippen MR) is 128 cm³/mol. The molecule has 0 saturated heterocycles. The van der Waals surface area contributed by atoms with Gasteiger partial charge in [-0.3, -0.25) is 9.36 Å². The van der Waals surface area contributed by atoms with E-state index in [1.54, 1.807) is 6.08 Å². The lowest BCUT2D eigenvalue weighted by atomic mass is 10.1. The third-order valence-corrected chi connectivity index (χ3v) is 6.56. The quantitative estimate of drug-likeness (QED) is 0.370. The van der Waals surface area contributed by atoms with Crippen molar-refractivity contribution in [3.63, 3.8) is 0 Å². The summed E-state index contributed by atoms with van der Waals surface area (Å²) in [5, 5.41) is 12.0. The third kappa shape index (κ3) is 5.22. The molecule has 7 heteroatoms. The molecular formula is C25H28N4O2S. The number of nitrogens with zero attached hydrogens (tertiary/aromatic N) is 3. The molecule has 1 aromatic heterocycles. The number of anilines is 1. The molecule has 1 atom stereocenters. The van der Waals surface area contributed by atoms with E-state index in [9.17, 15) is 4.79 Å². The molecule has 1 aliphatic carbocycles. The number of rotatable bonds is 9. The number of aromatic nitrogens is 3. The van der Waals surface area contributed by atoms with Gasteiger partial charge in [0, 0.05) is 12.2 Å². The van der Waals surface area contributed by atoms with Crippen LogP contribution >= 0.6 is 11.8 Å². The van der Waals surface area contributed by atoms with Crippen LogP contribution < -0.4 is 10.1 Å². The lowest BCUT2D eigenvalue weighted by molar-refractivity contribution is -0.115. The second kappa shape index (κ2) is 10.0. The first-order valence-electron chi connectivity index (χ1n) is 10.8. The van der Waals surface area contributed by atoms with E-state index in [2.05, 4.69) is 34.2 Å². The van der Waals surface area contributed by atoms with Gasteiger partial charge in [0.2, 0.25) is 5.91 Å². The first-order valence-corrected chi connectivity index (χ1v) is 11.7. The van der Waals surface area contributed by atoms with E-state index in [1.165, 1.54) is 29.3 Å². The van der Waals surface area contributed by atoms with Crippen LogP contribution in [0.3, 0.4) is 0 Å². The summed E-state index contributed by atoms with van der Waals surface area (Å²) in [5.41, 5.74) is 4.72. The van der Waals surface area contributed by atoms with Crippen LogP contribution in [0.5, 0.6) is 5.75 Å². The second-order valence-electron chi connectivity index (χ2n) is 7.99. The summed E-state index contributed by atoms with van der Waals surface area (Å²) in [5.74, 6) is 1.42. The normalized spacial score (nSPS) is 13.4. The largest absolute Gasteiger partial charge is 0.486 e. The van der Waals surface area contributed by atoms with Gasteiger partial charge in [-0.2, -0.15) is 0 Å². The number of aryl methyl sites for hydroxylation is 3. The molecule has 6 nitrogen and oxygen atoms in total. The Morgan fingerprint density at radius 2 is 2.09 bits per heavy atom. The Morgan fingerprint density at radius 1 is 1.25 bits per heavy atom. The average Bonchev–Trinajstić information content (AvgIpc) is 3.39. The number of nitrogens with one attached hydrogen (secondary N) is 1. The number of allylic oxidation sites excluding steroid dienone is 1. The Kier molecular flexibility index (Phi) is 6.95. The van der Waals surface area contributed by atoms with Gasteiger partial charge in [-0.05, 0) is 74.1 Å². The minimum Gasteiger partial charge on any atom is -0.486 e. The molecule has 1 heterocycles. The summed E-state index contributed by atoms with van der Waals surface area (Å²) in [7, 11) is 0. The van der Waals surface area contributed by atoms with Gasteiger partial charge in [-0.1, -0.05) is 36.0 Å². The summed E-state index contributed by atoms with van der Waals surface area (Å²) in [6, 6.07) is 14.1. The number of thioether (sulfide) groups is 1. The zero-order chi connectivity index (χ0) is 22.5. The maximum absolute atomic E-state index is 12.8. The summed E-state index contributed by atoms with van der Waals surface area (Å²) in [4.78, 5) is 12.8. The lowest BCUT2D eigenvalue weighted by Crippen LogP contribution is -2.23. The van der Waals surface area contributed by atoms with Crippen molar-refractivity contribution >= 4 is 23.4 Å². The van der Waals surface area contributed by atoms with Gasteiger partial charge in [0.1, 0.15) is 12.4 Å². The van der Waals surface area contributed by atoms with Crippen molar-refractivity contribution in [2.75, 3.05) is 5.32 Å². The van der Waals surface area contributed by atoms with Crippen LogP contribution in [0.25, 0.3) is 0 Å². The number of amides is 1. The minimum atomic E-state index is -0.332. The van der Waals surface area contributed by atoms with E-state index in [0.29, 0.717) is 24.1 Å². The van der Waals surface area contributed by atoms with Crippen molar-refractivity contribution in [3.05, 3.63) is 77.6 Å². The average molecular weight is 449 g/mol. The van der Waals surface area contributed by atoms with E-state index in [1.807, 2.05) is 48.7 Å². The van der Waals surface area contributed by atoms with Crippen LogP contribution in [0.15, 0.2) is 60.3 Å². The van der Waals surface area contributed by atoms with Crippen molar-refractivity contribution in [1.82, 2.24) is 14.8 Å². The molecule has 0 fully saturated rings. The van der Waals surface area contributed by atoms with Gasteiger partial charge in [0.15, 0.2) is 11.0 Å². The fourth-order valence-electron chi connectivity index (χ4n) is 3.78. The maximum Gasteiger partial charge on any atom is 0.237 e. The van der Waals surface area contributed by atoms with Gasteiger partial charge in [0.05, 0.1) is 5.25 Å². The van der Waals surface area contributed by atoms with Crippen LogP contribution in [0.1, 0.15) is 35.9 Å². The van der Waals surface area contributed by atoms with Crippen molar-refractivity contribution in [2.24, 2.45) is 0 Å². The first kappa shape index (κ1) is 22.1. The molecule has 0 aliphatic heterocycles. The van der Waals surface area contributed by atoms with Crippen molar-refractivity contribution < 1.29 is 9.53 Å². The number of carbonyl (C=O) groups is 1. The number of fused-ring (bicyclic) bond motifs is 1. The molecule has 2 aromatic carbocycles. The highest BCUT2D eigenvalue weighted by atomic mass is 32.2. The van der Waals surface area contributed by atoms with Gasteiger partial charge >= 0.3 is 0 Å². The Hall–Kier alpha value is -3.06. The Balaban J connectivity index is 1.41. The van der Waals surface area contributed by atoms with Crippen LogP contribution in [-0.2, 0) is 30.8 Å². The summed E-state index contributed by atoms with van der Waals surface area (Å²) in [6.07, 6.45) is 5.19. The fourth-order valence-corrected chi connectivity index (χ4v) is 4.66. The molecule has 0 radical (unpaired) electrons. The highest BCUT2D eigenvalue weighted by Gasteiger charge is 2.21. The monoisotopic (exact) mass is 448 g/mol. The van der Waals surface area contributed by atoms with E-state index in [0.717, 1.165) is 29.8 Å². The molecule has 3 aromatic rings. The predicted octanol–water partition coefficient (Wildman–Crippen LogP) is 4.96. The zero-order valence-electron chi connectivity index (χ0n) is 18.5. The Labute approximate surface area is 193 Å². The second-order valence-corrected chi connectivity index (χ2v) is 9.30. The van der Waals surface area contributed by atoms with Crippen LogP contribution in [0.4, 0.5) is 5.69 Å². The SMILES string of the molecule is C=CCn1c(COc2cccc(C)c2)nnc1S[C@H](C)C(=O)Nc1ccc2c(c1)CCC2. The fraction of sp³-hybridized carbons (Fsp3) is 0.320. The molecule has 4 rings (SSSR count). The van der Waals surface area contributed by atoms with Gasteiger partial charge in [0.25, 0.3) is 0 Å². The first-order chi connectivity index (χ1) is 15.5. The number of hydrogen-bond acceptors (Lipinski definition) is 5. The van der Waals surface area contributed by atoms with Gasteiger partial charge in [-0.15, -0.1) is 16.8 Å². The molecule has 0 spiro atoms.